The molecule has 0 spiro atoms. The van der Waals surface area contributed by atoms with Crippen molar-refractivity contribution in [3.8, 4) is 11.4 Å². The molecule has 1 unspecified atom stereocenters. The average molecular weight is 398 g/mol. The van der Waals surface area contributed by atoms with Gasteiger partial charge in [-0.15, -0.1) is 11.3 Å². The number of pyridine rings is 1. The van der Waals surface area contributed by atoms with Crippen molar-refractivity contribution in [2.45, 2.75) is 46.2 Å². The molecule has 0 aromatic carbocycles. The summed E-state index contributed by atoms with van der Waals surface area (Å²) in [4.78, 5) is 21.5. The molecular weight excluding hydrogens is 370 g/mol. The van der Waals surface area contributed by atoms with E-state index in [1.807, 2.05) is 60.5 Å². The van der Waals surface area contributed by atoms with Crippen molar-refractivity contribution >= 4 is 22.4 Å². The summed E-state index contributed by atoms with van der Waals surface area (Å²) in [5.74, 6) is -0.0690. The molecule has 1 amide bonds. The topological polar surface area (TPSA) is 71.8 Å². The van der Waals surface area contributed by atoms with E-state index < -0.39 is 0 Å². The monoisotopic (exact) mass is 397 g/mol. The molecule has 0 radical (unpaired) electrons. The quantitative estimate of drug-likeness (QED) is 0.650. The number of rotatable bonds is 6. The van der Waals surface area contributed by atoms with Gasteiger partial charge in [0.25, 0.3) is 5.91 Å². The van der Waals surface area contributed by atoms with Crippen LogP contribution in [0.3, 0.4) is 0 Å². The number of carbonyl (C=O) groups excluding carboxylic acids is 1. The van der Waals surface area contributed by atoms with E-state index in [1.165, 1.54) is 11.3 Å². The van der Waals surface area contributed by atoms with E-state index >= 15 is 0 Å². The fourth-order valence-electron chi connectivity index (χ4n) is 2.70. The standard InChI is InChI=1S/C21H27N5OS/c1-14-7-6-8-17(23-14)18-13-28-20(25-18)24-15(2)11-22-19(27)16-9-10-26(12-16)21(3,4)5/h6-10,12-13,15H,11H2,1-5H3,(H,22,27)(H,24,25). The first kappa shape index (κ1) is 20.1. The highest BCUT2D eigenvalue weighted by Crippen LogP contribution is 2.24. The lowest BCUT2D eigenvalue weighted by molar-refractivity contribution is 0.0952. The average Bonchev–Trinajstić information content (AvgIpc) is 3.29. The Balaban J connectivity index is 1.54. The zero-order valence-corrected chi connectivity index (χ0v) is 17.8. The summed E-state index contributed by atoms with van der Waals surface area (Å²) < 4.78 is 2.04. The second kappa shape index (κ2) is 8.14. The Morgan fingerprint density at radius 2 is 2.00 bits per heavy atom. The van der Waals surface area contributed by atoms with Crippen LogP contribution < -0.4 is 10.6 Å². The Kier molecular flexibility index (Phi) is 5.84. The van der Waals surface area contributed by atoms with Crippen molar-refractivity contribution in [3.05, 3.63) is 53.3 Å². The van der Waals surface area contributed by atoms with Crippen LogP contribution in [0.4, 0.5) is 5.13 Å². The summed E-state index contributed by atoms with van der Waals surface area (Å²) >= 11 is 1.54. The number of nitrogens with one attached hydrogen (secondary N) is 2. The number of amides is 1. The van der Waals surface area contributed by atoms with Crippen molar-refractivity contribution in [1.29, 1.82) is 0 Å². The van der Waals surface area contributed by atoms with Crippen molar-refractivity contribution in [3.63, 3.8) is 0 Å². The summed E-state index contributed by atoms with van der Waals surface area (Å²) in [7, 11) is 0. The first-order valence-electron chi connectivity index (χ1n) is 9.35. The highest BCUT2D eigenvalue weighted by Gasteiger charge is 2.16. The molecule has 3 heterocycles. The number of aryl methyl sites for hydroxylation is 1. The van der Waals surface area contributed by atoms with Gasteiger partial charge < -0.3 is 15.2 Å². The molecule has 148 valence electrons. The second-order valence-corrected chi connectivity index (χ2v) is 8.79. The van der Waals surface area contributed by atoms with Crippen LogP contribution >= 0.6 is 11.3 Å². The summed E-state index contributed by atoms with van der Waals surface area (Å²) in [5.41, 5.74) is 3.33. The molecule has 7 heteroatoms. The van der Waals surface area contributed by atoms with Gasteiger partial charge in [0.05, 0.1) is 11.3 Å². The molecule has 6 nitrogen and oxygen atoms in total. The molecule has 3 aromatic heterocycles. The SMILES string of the molecule is Cc1cccc(-c2csc(NC(C)CNC(=O)c3ccn(C(C)(C)C)c3)n2)n1. The van der Waals surface area contributed by atoms with Gasteiger partial charge in [-0.25, -0.2) is 4.98 Å². The highest BCUT2D eigenvalue weighted by atomic mass is 32.1. The van der Waals surface area contributed by atoms with E-state index in [9.17, 15) is 4.79 Å². The maximum absolute atomic E-state index is 12.4. The molecule has 1 atom stereocenters. The van der Waals surface area contributed by atoms with Crippen LogP contribution in [0.5, 0.6) is 0 Å². The second-order valence-electron chi connectivity index (χ2n) is 7.94. The number of thiazole rings is 1. The Bertz CT molecular complexity index is 954. The highest BCUT2D eigenvalue weighted by molar-refractivity contribution is 7.14. The molecule has 0 bridgehead atoms. The predicted octanol–water partition coefficient (Wildman–Crippen LogP) is 4.30. The van der Waals surface area contributed by atoms with Crippen molar-refractivity contribution in [2.24, 2.45) is 0 Å². The Morgan fingerprint density at radius 1 is 1.21 bits per heavy atom. The summed E-state index contributed by atoms with van der Waals surface area (Å²) in [6.45, 7) is 10.8. The zero-order chi connectivity index (χ0) is 20.3. The minimum atomic E-state index is -0.0690. The molecule has 28 heavy (non-hydrogen) atoms. The van der Waals surface area contributed by atoms with Crippen molar-refractivity contribution < 1.29 is 4.79 Å². The lowest BCUT2D eigenvalue weighted by Crippen LogP contribution is -2.34. The summed E-state index contributed by atoms with van der Waals surface area (Å²) in [6, 6.07) is 7.81. The molecule has 2 N–H and O–H groups in total. The third-order valence-electron chi connectivity index (χ3n) is 4.32. The fourth-order valence-corrected chi connectivity index (χ4v) is 3.52. The van der Waals surface area contributed by atoms with Gasteiger partial charge in [-0.05, 0) is 52.8 Å². The van der Waals surface area contributed by atoms with Gasteiger partial charge in [-0.2, -0.15) is 0 Å². The minimum absolute atomic E-state index is 0.0396. The van der Waals surface area contributed by atoms with Gasteiger partial charge in [0.2, 0.25) is 0 Å². The Hall–Kier alpha value is -2.67. The largest absolute Gasteiger partial charge is 0.357 e. The molecule has 3 rings (SSSR count). The van der Waals surface area contributed by atoms with Crippen molar-refractivity contribution in [1.82, 2.24) is 19.9 Å². The molecular formula is C21H27N5OS. The van der Waals surface area contributed by atoms with Crippen LogP contribution in [-0.4, -0.2) is 33.0 Å². The predicted molar refractivity (Wildman–Crippen MR) is 115 cm³/mol. The minimum Gasteiger partial charge on any atom is -0.357 e. The van der Waals surface area contributed by atoms with Gasteiger partial charge in [0.15, 0.2) is 5.13 Å². The van der Waals surface area contributed by atoms with E-state index in [0.717, 1.165) is 22.2 Å². The van der Waals surface area contributed by atoms with Crippen LogP contribution in [0.25, 0.3) is 11.4 Å². The van der Waals surface area contributed by atoms with Crippen LogP contribution in [0.2, 0.25) is 0 Å². The third kappa shape index (κ3) is 4.98. The van der Waals surface area contributed by atoms with Gasteiger partial charge in [0.1, 0.15) is 5.69 Å². The smallest absolute Gasteiger partial charge is 0.252 e. The van der Waals surface area contributed by atoms with E-state index in [4.69, 9.17) is 0 Å². The molecule has 0 aliphatic rings. The van der Waals surface area contributed by atoms with Crippen LogP contribution in [0.15, 0.2) is 42.0 Å². The van der Waals surface area contributed by atoms with Gasteiger partial charge in [-0.1, -0.05) is 6.07 Å². The maximum Gasteiger partial charge on any atom is 0.252 e. The van der Waals surface area contributed by atoms with Gasteiger partial charge in [0, 0.05) is 41.6 Å². The van der Waals surface area contributed by atoms with Crippen LogP contribution in [-0.2, 0) is 5.54 Å². The number of aromatic nitrogens is 3. The normalized spacial score (nSPS) is 12.6. The first-order valence-corrected chi connectivity index (χ1v) is 10.2. The molecule has 0 saturated carbocycles. The number of nitrogens with zero attached hydrogens (tertiary/aromatic N) is 3. The fraction of sp³-hybridized carbons (Fsp3) is 0.381. The Labute approximate surface area is 170 Å². The van der Waals surface area contributed by atoms with E-state index in [2.05, 4.69) is 41.4 Å². The lowest BCUT2D eigenvalue weighted by Gasteiger charge is -2.20. The first-order chi connectivity index (χ1) is 13.2. The van der Waals surface area contributed by atoms with E-state index in [0.29, 0.717) is 12.1 Å². The number of hydrogen-bond donors (Lipinski definition) is 2. The molecule has 0 aliphatic heterocycles. The molecule has 0 saturated heterocycles. The summed E-state index contributed by atoms with van der Waals surface area (Å²) in [6.07, 6.45) is 3.82. The Morgan fingerprint density at radius 3 is 2.68 bits per heavy atom. The zero-order valence-electron chi connectivity index (χ0n) is 17.0. The number of carbonyl (C=O) groups is 1. The number of hydrogen-bond acceptors (Lipinski definition) is 5. The van der Waals surface area contributed by atoms with Crippen LogP contribution in [0, 0.1) is 6.92 Å². The van der Waals surface area contributed by atoms with Gasteiger partial charge in [-0.3, -0.25) is 9.78 Å². The van der Waals surface area contributed by atoms with Crippen LogP contribution in [0.1, 0.15) is 43.7 Å². The van der Waals surface area contributed by atoms with E-state index in [1.54, 1.807) is 0 Å². The molecule has 3 aromatic rings. The molecule has 0 aliphatic carbocycles. The molecule has 0 fully saturated rings. The maximum atomic E-state index is 12.4. The summed E-state index contributed by atoms with van der Waals surface area (Å²) in [5, 5.41) is 9.13. The van der Waals surface area contributed by atoms with Crippen molar-refractivity contribution in [2.75, 3.05) is 11.9 Å². The third-order valence-corrected chi connectivity index (χ3v) is 5.10. The van der Waals surface area contributed by atoms with Gasteiger partial charge >= 0.3 is 0 Å². The van der Waals surface area contributed by atoms with E-state index in [-0.39, 0.29) is 17.5 Å². The number of anilines is 1. The lowest BCUT2D eigenvalue weighted by atomic mass is 10.1.